The predicted molar refractivity (Wildman–Crippen MR) is 103 cm³/mol. The molecule has 0 fully saturated rings. The summed E-state index contributed by atoms with van der Waals surface area (Å²) in [5.74, 6) is -0.944. The number of nitro benzene ring substituents is 1. The zero-order chi connectivity index (χ0) is 20.0. The molecule has 0 unspecified atom stereocenters. The van der Waals surface area contributed by atoms with Crippen molar-refractivity contribution in [1.82, 2.24) is 10.6 Å². The molecular formula is C18H17Cl2N3O4. The van der Waals surface area contributed by atoms with Crippen molar-refractivity contribution in [2.45, 2.75) is 19.4 Å². The average molecular weight is 410 g/mol. The van der Waals surface area contributed by atoms with Gasteiger partial charge in [0.1, 0.15) is 6.04 Å². The molecule has 2 aromatic carbocycles. The number of carbonyl (C=O) groups excluding carboxylic acids is 2. The molecule has 0 aliphatic heterocycles. The average Bonchev–Trinajstić information content (AvgIpc) is 2.63. The summed E-state index contributed by atoms with van der Waals surface area (Å²) in [6.07, 6.45) is 0.507. The van der Waals surface area contributed by atoms with Crippen molar-refractivity contribution in [3.63, 3.8) is 0 Å². The van der Waals surface area contributed by atoms with Gasteiger partial charge in [-0.3, -0.25) is 19.7 Å². The highest BCUT2D eigenvalue weighted by molar-refractivity contribution is 6.35. The smallest absolute Gasteiger partial charge is 0.270 e. The third-order valence-electron chi connectivity index (χ3n) is 3.77. The summed E-state index contributed by atoms with van der Waals surface area (Å²) in [4.78, 5) is 34.5. The van der Waals surface area contributed by atoms with E-state index in [2.05, 4.69) is 10.6 Å². The van der Waals surface area contributed by atoms with Gasteiger partial charge in [-0.2, -0.15) is 0 Å². The summed E-state index contributed by atoms with van der Waals surface area (Å²) in [5, 5.41) is 17.0. The van der Waals surface area contributed by atoms with Crippen molar-refractivity contribution in [2.75, 3.05) is 6.54 Å². The molecule has 0 saturated carbocycles. The van der Waals surface area contributed by atoms with Gasteiger partial charge in [-0.05, 0) is 37.1 Å². The molecule has 2 aromatic rings. The maximum atomic E-state index is 12.2. The van der Waals surface area contributed by atoms with Crippen LogP contribution in [0.3, 0.4) is 0 Å². The lowest BCUT2D eigenvalue weighted by molar-refractivity contribution is -0.384. The van der Waals surface area contributed by atoms with E-state index in [4.69, 9.17) is 23.2 Å². The molecule has 1 atom stereocenters. The van der Waals surface area contributed by atoms with E-state index in [9.17, 15) is 19.7 Å². The number of benzene rings is 2. The van der Waals surface area contributed by atoms with Crippen LogP contribution in [0.1, 0.15) is 22.8 Å². The van der Waals surface area contributed by atoms with Crippen LogP contribution >= 0.6 is 23.2 Å². The van der Waals surface area contributed by atoms with Gasteiger partial charge in [0.25, 0.3) is 11.6 Å². The van der Waals surface area contributed by atoms with Crippen LogP contribution in [-0.2, 0) is 11.2 Å². The number of nitro groups is 1. The second-order valence-corrected chi connectivity index (χ2v) is 6.62. The zero-order valence-corrected chi connectivity index (χ0v) is 15.9. The zero-order valence-electron chi connectivity index (χ0n) is 14.4. The summed E-state index contributed by atoms with van der Waals surface area (Å²) >= 11 is 11.9. The van der Waals surface area contributed by atoms with Crippen LogP contribution in [0, 0.1) is 10.1 Å². The van der Waals surface area contributed by atoms with Crippen molar-refractivity contribution < 1.29 is 14.5 Å². The van der Waals surface area contributed by atoms with E-state index >= 15 is 0 Å². The number of hydrogen-bond acceptors (Lipinski definition) is 4. The summed E-state index contributed by atoms with van der Waals surface area (Å²) in [5.41, 5.74) is 0.756. The van der Waals surface area contributed by atoms with Gasteiger partial charge < -0.3 is 10.6 Å². The molecule has 2 N–H and O–H groups in total. The van der Waals surface area contributed by atoms with E-state index in [0.29, 0.717) is 23.0 Å². The monoisotopic (exact) mass is 409 g/mol. The van der Waals surface area contributed by atoms with E-state index in [1.807, 2.05) is 0 Å². The Morgan fingerprint density at radius 2 is 1.93 bits per heavy atom. The van der Waals surface area contributed by atoms with Gasteiger partial charge in [0.2, 0.25) is 5.91 Å². The Bertz CT molecular complexity index is 873. The van der Waals surface area contributed by atoms with Crippen LogP contribution in [0.25, 0.3) is 0 Å². The first-order valence-corrected chi connectivity index (χ1v) is 8.80. The van der Waals surface area contributed by atoms with E-state index in [0.717, 1.165) is 11.6 Å². The standard InChI is InChI=1S/C18H17Cl2N3O4/c1-11(22-18(25)13-3-2-4-15(9-13)23(26)27)17(24)21-8-7-12-5-6-14(19)10-16(12)20/h2-6,9-11H,7-8H2,1H3,(H,21,24)(H,22,25)/t11-/m0/s1. The second kappa shape index (κ2) is 9.34. The Morgan fingerprint density at radius 1 is 1.19 bits per heavy atom. The topological polar surface area (TPSA) is 101 Å². The molecule has 0 aliphatic rings. The van der Waals surface area contributed by atoms with Crippen molar-refractivity contribution in [2.24, 2.45) is 0 Å². The number of amides is 2. The predicted octanol–water partition coefficient (Wildman–Crippen LogP) is 3.38. The molecule has 2 amide bonds. The highest BCUT2D eigenvalue weighted by Gasteiger charge is 2.18. The number of non-ortho nitro benzene ring substituents is 1. The minimum Gasteiger partial charge on any atom is -0.354 e. The first-order valence-electron chi connectivity index (χ1n) is 8.05. The molecule has 0 radical (unpaired) electrons. The van der Waals surface area contributed by atoms with E-state index in [-0.39, 0.29) is 17.2 Å². The van der Waals surface area contributed by atoms with Crippen molar-refractivity contribution in [3.8, 4) is 0 Å². The summed E-state index contributed by atoms with van der Waals surface area (Å²) in [6.45, 7) is 1.86. The lowest BCUT2D eigenvalue weighted by Crippen LogP contribution is -2.45. The Morgan fingerprint density at radius 3 is 2.59 bits per heavy atom. The van der Waals surface area contributed by atoms with Crippen molar-refractivity contribution >= 4 is 40.7 Å². The molecule has 142 valence electrons. The molecule has 0 bridgehead atoms. The number of nitrogens with one attached hydrogen (secondary N) is 2. The quantitative estimate of drug-likeness (QED) is 0.540. The number of nitrogens with zero attached hydrogens (tertiary/aromatic N) is 1. The first-order chi connectivity index (χ1) is 12.8. The fourth-order valence-electron chi connectivity index (χ4n) is 2.30. The minimum atomic E-state index is -0.808. The minimum absolute atomic E-state index is 0.108. The summed E-state index contributed by atoms with van der Waals surface area (Å²) < 4.78 is 0. The van der Waals surface area contributed by atoms with Gasteiger partial charge in [0.05, 0.1) is 4.92 Å². The lowest BCUT2D eigenvalue weighted by Gasteiger charge is -2.14. The van der Waals surface area contributed by atoms with Crippen LogP contribution < -0.4 is 10.6 Å². The third kappa shape index (κ3) is 5.94. The van der Waals surface area contributed by atoms with E-state index in [1.54, 1.807) is 18.2 Å². The summed E-state index contributed by atoms with van der Waals surface area (Å²) in [7, 11) is 0. The first kappa shape index (κ1) is 20.7. The molecule has 2 rings (SSSR count). The highest BCUT2D eigenvalue weighted by Crippen LogP contribution is 2.21. The van der Waals surface area contributed by atoms with Crippen LogP contribution in [0.2, 0.25) is 10.0 Å². The van der Waals surface area contributed by atoms with Crippen molar-refractivity contribution in [3.05, 3.63) is 73.8 Å². The molecule has 9 heteroatoms. The number of carbonyl (C=O) groups is 2. The van der Waals surface area contributed by atoms with Gasteiger partial charge >= 0.3 is 0 Å². The van der Waals surface area contributed by atoms with Gasteiger partial charge in [-0.25, -0.2) is 0 Å². The molecule has 0 aromatic heterocycles. The van der Waals surface area contributed by atoms with Crippen LogP contribution in [0.4, 0.5) is 5.69 Å². The highest BCUT2D eigenvalue weighted by atomic mass is 35.5. The molecule has 27 heavy (non-hydrogen) atoms. The maximum absolute atomic E-state index is 12.2. The second-order valence-electron chi connectivity index (χ2n) is 5.78. The largest absolute Gasteiger partial charge is 0.354 e. The molecule has 0 aliphatic carbocycles. The summed E-state index contributed by atoms with van der Waals surface area (Å²) in [6, 6.07) is 9.61. The number of hydrogen-bond donors (Lipinski definition) is 2. The Hall–Kier alpha value is -2.64. The van der Waals surface area contributed by atoms with Crippen LogP contribution in [0.15, 0.2) is 42.5 Å². The fraction of sp³-hybridized carbons (Fsp3) is 0.222. The Balaban J connectivity index is 1.87. The number of halogens is 2. The molecule has 0 heterocycles. The van der Waals surface area contributed by atoms with Crippen molar-refractivity contribution in [1.29, 1.82) is 0 Å². The molecular weight excluding hydrogens is 393 g/mol. The van der Waals surface area contributed by atoms with Gasteiger partial charge in [-0.1, -0.05) is 35.3 Å². The van der Waals surface area contributed by atoms with Gasteiger partial charge in [0, 0.05) is 34.3 Å². The maximum Gasteiger partial charge on any atom is 0.270 e. The Labute approximate surface area is 165 Å². The number of rotatable bonds is 7. The Kier molecular flexibility index (Phi) is 7.15. The molecule has 0 spiro atoms. The molecule has 7 nitrogen and oxygen atoms in total. The normalized spacial score (nSPS) is 11.5. The van der Waals surface area contributed by atoms with Crippen LogP contribution in [-0.4, -0.2) is 29.3 Å². The fourth-order valence-corrected chi connectivity index (χ4v) is 2.81. The third-order valence-corrected chi connectivity index (χ3v) is 4.36. The van der Waals surface area contributed by atoms with E-state index < -0.39 is 16.9 Å². The SMILES string of the molecule is C[C@H](NC(=O)c1cccc([N+](=O)[O-])c1)C(=O)NCCc1ccc(Cl)cc1Cl. The van der Waals surface area contributed by atoms with E-state index in [1.165, 1.54) is 25.1 Å². The molecule has 0 saturated heterocycles. The van der Waals surface area contributed by atoms with Crippen LogP contribution in [0.5, 0.6) is 0 Å². The lowest BCUT2D eigenvalue weighted by atomic mass is 10.1. The van der Waals surface area contributed by atoms with Gasteiger partial charge in [-0.15, -0.1) is 0 Å². The van der Waals surface area contributed by atoms with Gasteiger partial charge in [0.15, 0.2) is 0 Å².